The van der Waals surface area contributed by atoms with E-state index in [1.807, 2.05) is 31.2 Å². The van der Waals surface area contributed by atoms with Crippen LogP contribution in [0.5, 0.6) is 0 Å². The van der Waals surface area contributed by atoms with Crippen molar-refractivity contribution in [2.45, 2.75) is 26.3 Å². The molecule has 112 valence electrons. The number of carboxylic acid groups (broad SMARTS) is 1. The van der Waals surface area contributed by atoms with Gasteiger partial charge in [0.05, 0.1) is 11.4 Å². The number of fused-ring (bicyclic) bond motifs is 1. The molecule has 0 radical (unpaired) electrons. The lowest BCUT2D eigenvalue weighted by Crippen LogP contribution is -2.39. The SMILES string of the molecule is CCN(C(=O)c1sc2ccccc2c1Cl)C(C)CC(=O)O. The Morgan fingerprint density at radius 3 is 2.62 bits per heavy atom. The molecule has 1 unspecified atom stereocenters. The number of benzene rings is 1. The molecule has 1 aromatic carbocycles. The Bertz CT molecular complexity index is 683. The molecule has 0 fully saturated rings. The molecule has 0 saturated heterocycles. The van der Waals surface area contributed by atoms with Crippen molar-refractivity contribution in [3.8, 4) is 0 Å². The van der Waals surface area contributed by atoms with Crippen molar-refractivity contribution in [2.24, 2.45) is 0 Å². The number of thiophene rings is 1. The van der Waals surface area contributed by atoms with Gasteiger partial charge in [0, 0.05) is 22.7 Å². The Kier molecular flexibility index (Phi) is 4.85. The third-order valence-electron chi connectivity index (χ3n) is 3.33. The van der Waals surface area contributed by atoms with Gasteiger partial charge in [-0.2, -0.15) is 0 Å². The minimum atomic E-state index is -0.920. The van der Waals surface area contributed by atoms with E-state index in [-0.39, 0.29) is 18.4 Å². The normalized spacial score (nSPS) is 12.3. The van der Waals surface area contributed by atoms with Gasteiger partial charge in [0.15, 0.2) is 0 Å². The molecular formula is C15H16ClNO3S. The molecule has 2 aromatic rings. The van der Waals surface area contributed by atoms with E-state index in [4.69, 9.17) is 16.7 Å². The first kappa shape index (κ1) is 15.8. The van der Waals surface area contributed by atoms with Crippen molar-refractivity contribution in [2.75, 3.05) is 6.54 Å². The minimum absolute atomic E-state index is 0.0813. The first-order valence-electron chi connectivity index (χ1n) is 6.65. The Hall–Kier alpha value is -1.59. The average molecular weight is 326 g/mol. The second kappa shape index (κ2) is 6.45. The maximum atomic E-state index is 12.6. The number of hydrogen-bond acceptors (Lipinski definition) is 3. The molecule has 6 heteroatoms. The Labute approximate surface area is 131 Å². The third kappa shape index (κ3) is 3.19. The molecular weight excluding hydrogens is 310 g/mol. The molecule has 0 bridgehead atoms. The Morgan fingerprint density at radius 2 is 2.05 bits per heavy atom. The quantitative estimate of drug-likeness (QED) is 0.907. The summed E-state index contributed by atoms with van der Waals surface area (Å²) in [7, 11) is 0. The van der Waals surface area contributed by atoms with Crippen molar-refractivity contribution in [1.29, 1.82) is 0 Å². The fourth-order valence-electron chi connectivity index (χ4n) is 2.30. The van der Waals surface area contributed by atoms with Crippen molar-refractivity contribution < 1.29 is 14.7 Å². The molecule has 0 saturated carbocycles. The molecule has 1 amide bonds. The molecule has 21 heavy (non-hydrogen) atoms. The zero-order valence-corrected chi connectivity index (χ0v) is 13.4. The lowest BCUT2D eigenvalue weighted by Gasteiger charge is -2.26. The fraction of sp³-hybridized carbons (Fsp3) is 0.333. The van der Waals surface area contributed by atoms with Gasteiger partial charge in [-0.1, -0.05) is 29.8 Å². The van der Waals surface area contributed by atoms with Gasteiger partial charge in [-0.3, -0.25) is 9.59 Å². The van der Waals surface area contributed by atoms with Crippen LogP contribution < -0.4 is 0 Å². The predicted octanol–water partition coefficient (Wildman–Crippen LogP) is 3.88. The van der Waals surface area contributed by atoms with Crippen molar-refractivity contribution in [3.05, 3.63) is 34.2 Å². The summed E-state index contributed by atoms with van der Waals surface area (Å²) in [5.74, 6) is -1.13. The third-order valence-corrected chi connectivity index (χ3v) is 5.00. The monoisotopic (exact) mass is 325 g/mol. The summed E-state index contributed by atoms with van der Waals surface area (Å²) in [4.78, 5) is 25.5. The highest BCUT2D eigenvalue weighted by Gasteiger charge is 2.26. The number of carboxylic acids is 1. The molecule has 1 aromatic heterocycles. The topological polar surface area (TPSA) is 57.6 Å². The first-order chi connectivity index (χ1) is 9.95. The number of hydrogen-bond donors (Lipinski definition) is 1. The van der Waals surface area contributed by atoms with Crippen LogP contribution in [-0.2, 0) is 4.79 Å². The molecule has 1 heterocycles. The van der Waals surface area contributed by atoms with E-state index >= 15 is 0 Å². The predicted molar refractivity (Wildman–Crippen MR) is 85.3 cm³/mol. The zero-order chi connectivity index (χ0) is 15.6. The molecule has 2 rings (SSSR count). The highest BCUT2D eigenvalue weighted by molar-refractivity contribution is 7.21. The van der Waals surface area contributed by atoms with Crippen LogP contribution in [0.15, 0.2) is 24.3 Å². The summed E-state index contributed by atoms with van der Waals surface area (Å²) in [6, 6.07) is 7.19. The van der Waals surface area contributed by atoms with Gasteiger partial charge in [0.2, 0.25) is 0 Å². The maximum absolute atomic E-state index is 12.6. The number of carbonyl (C=O) groups is 2. The van der Waals surface area contributed by atoms with E-state index in [0.717, 1.165) is 10.1 Å². The number of halogens is 1. The molecule has 0 aliphatic rings. The van der Waals surface area contributed by atoms with Gasteiger partial charge in [-0.05, 0) is 19.9 Å². The summed E-state index contributed by atoms with van der Waals surface area (Å²) in [6.07, 6.45) is -0.0813. The van der Waals surface area contributed by atoms with Crippen molar-refractivity contribution in [1.82, 2.24) is 4.90 Å². The van der Waals surface area contributed by atoms with Crippen molar-refractivity contribution in [3.63, 3.8) is 0 Å². The van der Waals surface area contributed by atoms with Crippen LogP contribution in [0.3, 0.4) is 0 Å². The minimum Gasteiger partial charge on any atom is -0.481 e. The van der Waals surface area contributed by atoms with Gasteiger partial charge in [0.1, 0.15) is 4.88 Å². The van der Waals surface area contributed by atoms with Crippen LogP contribution in [0, 0.1) is 0 Å². The van der Waals surface area contributed by atoms with Gasteiger partial charge >= 0.3 is 5.97 Å². The lowest BCUT2D eigenvalue weighted by molar-refractivity contribution is -0.138. The molecule has 4 nitrogen and oxygen atoms in total. The highest BCUT2D eigenvalue weighted by Crippen LogP contribution is 2.36. The number of nitrogens with zero attached hydrogens (tertiary/aromatic N) is 1. The van der Waals surface area contributed by atoms with Gasteiger partial charge in [-0.25, -0.2) is 0 Å². The van der Waals surface area contributed by atoms with Crippen LogP contribution >= 0.6 is 22.9 Å². The van der Waals surface area contributed by atoms with E-state index < -0.39 is 5.97 Å². The average Bonchev–Trinajstić information content (AvgIpc) is 2.76. The standard InChI is InChI=1S/C15H16ClNO3S/c1-3-17(9(2)8-12(18)19)15(20)14-13(16)10-6-4-5-7-11(10)21-14/h4-7,9H,3,8H2,1-2H3,(H,18,19). The van der Waals surface area contributed by atoms with Gasteiger partial charge in [0.25, 0.3) is 5.91 Å². The smallest absolute Gasteiger partial charge is 0.305 e. The summed E-state index contributed by atoms with van der Waals surface area (Å²) in [5, 5.41) is 10.2. The van der Waals surface area contributed by atoms with Crippen LogP contribution in [0.1, 0.15) is 29.9 Å². The second-order valence-electron chi connectivity index (χ2n) is 4.78. The molecule has 0 spiro atoms. The maximum Gasteiger partial charge on any atom is 0.305 e. The largest absolute Gasteiger partial charge is 0.481 e. The molecule has 0 aliphatic heterocycles. The van der Waals surface area contributed by atoms with Crippen LogP contribution in [0.25, 0.3) is 10.1 Å². The fourth-order valence-corrected chi connectivity index (χ4v) is 3.77. The van der Waals surface area contributed by atoms with Gasteiger partial charge in [-0.15, -0.1) is 11.3 Å². The molecule has 1 N–H and O–H groups in total. The second-order valence-corrected chi connectivity index (χ2v) is 6.21. The highest BCUT2D eigenvalue weighted by atomic mass is 35.5. The molecule has 0 aliphatic carbocycles. The number of carbonyl (C=O) groups excluding carboxylic acids is 1. The van der Waals surface area contributed by atoms with E-state index in [0.29, 0.717) is 16.4 Å². The summed E-state index contributed by atoms with van der Waals surface area (Å²) in [5.41, 5.74) is 0. The number of rotatable bonds is 5. The number of aliphatic carboxylic acids is 1. The summed E-state index contributed by atoms with van der Waals surface area (Å²) in [6.45, 7) is 4.01. The number of amides is 1. The van der Waals surface area contributed by atoms with E-state index in [1.54, 1.807) is 11.8 Å². The van der Waals surface area contributed by atoms with Crippen LogP contribution in [-0.4, -0.2) is 34.5 Å². The van der Waals surface area contributed by atoms with Crippen LogP contribution in [0.4, 0.5) is 0 Å². The summed E-state index contributed by atoms with van der Waals surface area (Å²) >= 11 is 7.65. The van der Waals surface area contributed by atoms with Crippen LogP contribution in [0.2, 0.25) is 5.02 Å². The Balaban J connectivity index is 2.35. The van der Waals surface area contributed by atoms with Gasteiger partial charge < -0.3 is 10.0 Å². The Morgan fingerprint density at radius 1 is 1.38 bits per heavy atom. The summed E-state index contributed by atoms with van der Waals surface area (Å²) < 4.78 is 0.952. The zero-order valence-electron chi connectivity index (χ0n) is 11.8. The lowest BCUT2D eigenvalue weighted by atomic mass is 10.2. The van der Waals surface area contributed by atoms with E-state index in [1.165, 1.54) is 11.3 Å². The van der Waals surface area contributed by atoms with E-state index in [2.05, 4.69) is 0 Å². The molecule has 1 atom stereocenters. The van der Waals surface area contributed by atoms with E-state index in [9.17, 15) is 9.59 Å². The first-order valence-corrected chi connectivity index (χ1v) is 7.85. The van der Waals surface area contributed by atoms with Crippen molar-refractivity contribution >= 4 is 44.9 Å².